The Balaban J connectivity index is 1.78. The van der Waals surface area contributed by atoms with E-state index in [1.165, 1.54) is 38.5 Å². The second-order valence-electron chi connectivity index (χ2n) is 4.32. The molecule has 0 aliphatic carbocycles. The summed E-state index contributed by atoms with van der Waals surface area (Å²) >= 11 is 0. The Hall–Kier alpha value is -0.830. The number of imidazole rings is 1. The van der Waals surface area contributed by atoms with E-state index in [2.05, 4.69) is 21.8 Å². The van der Waals surface area contributed by atoms with Crippen LogP contribution in [0.2, 0.25) is 0 Å². The van der Waals surface area contributed by atoms with Crippen LogP contribution in [0.1, 0.15) is 45.4 Å². The maximum Gasteiger partial charge on any atom is 0.0946 e. The van der Waals surface area contributed by atoms with Gasteiger partial charge in [0.05, 0.1) is 6.33 Å². The minimum absolute atomic E-state index is 1.02. The van der Waals surface area contributed by atoms with Crippen molar-refractivity contribution < 1.29 is 0 Å². The zero-order chi connectivity index (χ0) is 11.5. The van der Waals surface area contributed by atoms with Crippen LogP contribution in [0.15, 0.2) is 18.7 Å². The first-order valence-electron chi connectivity index (χ1n) is 6.60. The summed E-state index contributed by atoms with van der Waals surface area (Å²) in [5.41, 5.74) is 0. The van der Waals surface area contributed by atoms with Crippen molar-refractivity contribution in [1.82, 2.24) is 14.9 Å². The number of unbranched alkanes of at least 4 members (excludes halogenated alkanes) is 5. The highest BCUT2D eigenvalue weighted by Gasteiger charge is 1.91. The monoisotopic (exact) mass is 223 g/mol. The van der Waals surface area contributed by atoms with Crippen molar-refractivity contribution in [3.05, 3.63) is 18.7 Å². The molecule has 0 aromatic carbocycles. The molecule has 1 aromatic rings. The molecule has 1 rings (SSSR count). The molecule has 1 aromatic heterocycles. The quantitative estimate of drug-likeness (QED) is 0.618. The molecule has 92 valence electrons. The second-order valence-corrected chi connectivity index (χ2v) is 4.32. The summed E-state index contributed by atoms with van der Waals surface area (Å²) < 4.78 is 2.11. The van der Waals surface area contributed by atoms with Gasteiger partial charge in [0.25, 0.3) is 0 Å². The van der Waals surface area contributed by atoms with Crippen molar-refractivity contribution >= 4 is 0 Å². The van der Waals surface area contributed by atoms with E-state index in [-0.39, 0.29) is 0 Å². The molecule has 0 aliphatic rings. The summed E-state index contributed by atoms with van der Waals surface area (Å²) in [7, 11) is 0. The van der Waals surface area contributed by atoms with Gasteiger partial charge in [0.15, 0.2) is 0 Å². The Morgan fingerprint density at radius 1 is 1.06 bits per heavy atom. The first kappa shape index (κ1) is 13.2. The molecule has 1 heterocycles. The molecule has 0 saturated heterocycles. The van der Waals surface area contributed by atoms with Gasteiger partial charge in [-0.2, -0.15) is 0 Å². The number of nitrogens with one attached hydrogen (secondary N) is 1. The maximum absolute atomic E-state index is 4.01. The second kappa shape index (κ2) is 9.40. The van der Waals surface area contributed by atoms with Gasteiger partial charge < -0.3 is 9.88 Å². The van der Waals surface area contributed by atoms with Crippen molar-refractivity contribution in [2.24, 2.45) is 0 Å². The summed E-state index contributed by atoms with van der Waals surface area (Å²) in [6.07, 6.45) is 13.9. The third-order valence-corrected chi connectivity index (χ3v) is 2.81. The fourth-order valence-electron chi connectivity index (χ4n) is 1.78. The third-order valence-electron chi connectivity index (χ3n) is 2.81. The van der Waals surface area contributed by atoms with E-state index in [1.54, 1.807) is 0 Å². The van der Waals surface area contributed by atoms with E-state index in [0.717, 1.165) is 19.6 Å². The Kier molecular flexibility index (Phi) is 7.78. The van der Waals surface area contributed by atoms with E-state index in [4.69, 9.17) is 0 Å². The highest BCUT2D eigenvalue weighted by Crippen LogP contribution is 2.03. The summed E-state index contributed by atoms with van der Waals surface area (Å²) in [5, 5.41) is 3.47. The third kappa shape index (κ3) is 6.62. The number of hydrogen-bond donors (Lipinski definition) is 1. The van der Waals surface area contributed by atoms with Crippen LogP contribution >= 0.6 is 0 Å². The van der Waals surface area contributed by atoms with Gasteiger partial charge in [0.1, 0.15) is 0 Å². The van der Waals surface area contributed by atoms with Crippen LogP contribution in [-0.2, 0) is 6.54 Å². The van der Waals surface area contributed by atoms with Crippen molar-refractivity contribution in [2.75, 3.05) is 13.1 Å². The molecular weight excluding hydrogens is 198 g/mol. The van der Waals surface area contributed by atoms with E-state index < -0.39 is 0 Å². The van der Waals surface area contributed by atoms with Gasteiger partial charge in [0.2, 0.25) is 0 Å². The van der Waals surface area contributed by atoms with Crippen LogP contribution in [0.5, 0.6) is 0 Å². The van der Waals surface area contributed by atoms with Gasteiger partial charge in [0, 0.05) is 25.5 Å². The van der Waals surface area contributed by atoms with Gasteiger partial charge in [-0.3, -0.25) is 0 Å². The molecule has 3 heteroatoms. The van der Waals surface area contributed by atoms with Crippen LogP contribution in [0.4, 0.5) is 0 Å². The summed E-state index contributed by atoms with van der Waals surface area (Å²) in [4.78, 5) is 4.01. The maximum atomic E-state index is 4.01. The van der Waals surface area contributed by atoms with Gasteiger partial charge in [-0.15, -0.1) is 0 Å². The van der Waals surface area contributed by atoms with Crippen molar-refractivity contribution in [3.63, 3.8) is 0 Å². The lowest BCUT2D eigenvalue weighted by Gasteiger charge is -2.05. The molecule has 0 saturated carbocycles. The first-order chi connectivity index (χ1) is 7.93. The van der Waals surface area contributed by atoms with Crippen molar-refractivity contribution in [3.8, 4) is 0 Å². The highest BCUT2D eigenvalue weighted by molar-refractivity contribution is 4.74. The van der Waals surface area contributed by atoms with Gasteiger partial charge in [-0.05, 0) is 13.0 Å². The molecular formula is C13H25N3. The predicted molar refractivity (Wildman–Crippen MR) is 68.5 cm³/mol. The van der Waals surface area contributed by atoms with Crippen LogP contribution < -0.4 is 5.32 Å². The van der Waals surface area contributed by atoms with Crippen LogP contribution in [0.25, 0.3) is 0 Å². The normalized spacial score (nSPS) is 10.8. The van der Waals surface area contributed by atoms with Gasteiger partial charge in [-0.1, -0.05) is 39.0 Å². The standard InChI is InChI=1S/C13H25N3/c1-2-3-4-5-6-7-8-14-9-11-16-12-10-15-13-16/h10,12-14H,2-9,11H2,1H3. The Bertz CT molecular complexity index is 231. The average Bonchev–Trinajstić information content (AvgIpc) is 2.80. The molecule has 0 unspecified atom stereocenters. The van der Waals surface area contributed by atoms with Crippen LogP contribution in [0.3, 0.4) is 0 Å². The van der Waals surface area contributed by atoms with Gasteiger partial charge in [-0.25, -0.2) is 4.98 Å². The number of aromatic nitrogens is 2. The lowest BCUT2D eigenvalue weighted by molar-refractivity contribution is 0.549. The van der Waals surface area contributed by atoms with Crippen molar-refractivity contribution in [1.29, 1.82) is 0 Å². The topological polar surface area (TPSA) is 29.9 Å². The van der Waals surface area contributed by atoms with Crippen LogP contribution in [0, 0.1) is 0 Å². The highest BCUT2D eigenvalue weighted by atomic mass is 15.0. The lowest BCUT2D eigenvalue weighted by Crippen LogP contribution is -2.20. The SMILES string of the molecule is CCCCCCCCNCCn1ccnc1. The minimum atomic E-state index is 1.02. The summed E-state index contributed by atoms with van der Waals surface area (Å²) in [6, 6.07) is 0. The number of hydrogen-bond acceptors (Lipinski definition) is 2. The fraction of sp³-hybridized carbons (Fsp3) is 0.769. The lowest BCUT2D eigenvalue weighted by atomic mass is 10.1. The molecule has 0 atom stereocenters. The summed E-state index contributed by atoms with van der Waals surface area (Å²) in [6.45, 7) is 5.49. The van der Waals surface area contributed by atoms with E-state index in [0.29, 0.717) is 0 Å². The van der Waals surface area contributed by atoms with Crippen molar-refractivity contribution in [2.45, 2.75) is 52.0 Å². The molecule has 16 heavy (non-hydrogen) atoms. The largest absolute Gasteiger partial charge is 0.336 e. The molecule has 0 spiro atoms. The Labute approximate surface area is 99.3 Å². The molecule has 0 bridgehead atoms. The van der Waals surface area contributed by atoms with Gasteiger partial charge >= 0.3 is 0 Å². The molecule has 0 fully saturated rings. The van der Waals surface area contributed by atoms with Crippen LogP contribution in [-0.4, -0.2) is 22.6 Å². The predicted octanol–water partition coefficient (Wildman–Crippen LogP) is 2.83. The number of rotatable bonds is 10. The molecule has 0 amide bonds. The van der Waals surface area contributed by atoms with E-state index >= 15 is 0 Å². The average molecular weight is 223 g/mol. The molecule has 0 radical (unpaired) electrons. The minimum Gasteiger partial charge on any atom is -0.336 e. The zero-order valence-corrected chi connectivity index (χ0v) is 10.5. The first-order valence-corrected chi connectivity index (χ1v) is 6.60. The molecule has 0 aliphatic heterocycles. The number of nitrogens with zero attached hydrogens (tertiary/aromatic N) is 2. The Morgan fingerprint density at radius 3 is 2.62 bits per heavy atom. The smallest absolute Gasteiger partial charge is 0.0946 e. The fourth-order valence-corrected chi connectivity index (χ4v) is 1.78. The zero-order valence-electron chi connectivity index (χ0n) is 10.5. The molecule has 1 N–H and O–H groups in total. The Morgan fingerprint density at radius 2 is 1.88 bits per heavy atom. The summed E-state index contributed by atoms with van der Waals surface area (Å²) in [5.74, 6) is 0. The van der Waals surface area contributed by atoms with E-state index in [1.807, 2.05) is 18.7 Å². The van der Waals surface area contributed by atoms with E-state index in [9.17, 15) is 0 Å². The molecule has 3 nitrogen and oxygen atoms in total.